The van der Waals surface area contributed by atoms with Gasteiger partial charge < -0.3 is 39.4 Å². The lowest BCUT2D eigenvalue weighted by atomic mass is 9.58. The van der Waals surface area contributed by atoms with E-state index < -0.39 is 46.2 Å². The zero-order valence-electron chi connectivity index (χ0n) is 20.5. The molecule has 2 heterocycles. The monoisotopic (exact) mass is 492 g/mol. The van der Waals surface area contributed by atoms with Gasteiger partial charge in [-0.1, -0.05) is 0 Å². The Bertz CT molecular complexity index is 1260. The molecule has 0 saturated carbocycles. The lowest BCUT2D eigenvalue weighted by molar-refractivity contribution is -0.393. The van der Waals surface area contributed by atoms with E-state index in [2.05, 4.69) is 0 Å². The summed E-state index contributed by atoms with van der Waals surface area (Å²) < 4.78 is 17.0. The van der Waals surface area contributed by atoms with Crippen molar-refractivity contribution < 1.29 is 44.2 Å². The summed E-state index contributed by atoms with van der Waals surface area (Å²) in [6, 6.07) is 2.80. The molecule has 1 aromatic heterocycles. The molecule has 3 unspecified atom stereocenters. The van der Waals surface area contributed by atoms with Crippen LogP contribution in [0.4, 0.5) is 0 Å². The van der Waals surface area contributed by atoms with E-state index in [1.165, 1.54) is 26.0 Å². The molecule has 10 nitrogen and oxygen atoms in total. The van der Waals surface area contributed by atoms with Crippen molar-refractivity contribution in [3.05, 3.63) is 33.7 Å². The largest absolute Gasteiger partial charge is 0.504 e. The van der Waals surface area contributed by atoms with Crippen LogP contribution in [0.2, 0.25) is 0 Å². The molecule has 5 atom stereocenters. The average Bonchev–Trinajstić information content (AvgIpc) is 2.77. The normalized spacial score (nSPS) is 37.1. The van der Waals surface area contributed by atoms with Crippen LogP contribution in [-0.4, -0.2) is 66.1 Å². The molecule has 192 valence electrons. The quantitative estimate of drug-likeness (QED) is 0.396. The van der Waals surface area contributed by atoms with Crippen LogP contribution in [0.1, 0.15) is 58.6 Å². The number of carbonyl (C=O) groups is 1. The molecule has 1 aliphatic carbocycles. The number of aliphatic carboxylic acids is 1. The Morgan fingerprint density at radius 1 is 0.971 bits per heavy atom. The number of phenols is 1. The van der Waals surface area contributed by atoms with Gasteiger partial charge in [-0.15, -0.1) is 0 Å². The molecule has 4 rings (SSSR count). The highest BCUT2D eigenvalue weighted by Crippen LogP contribution is 2.53. The molecule has 1 saturated heterocycles. The van der Waals surface area contributed by atoms with Crippen LogP contribution < -0.4 is 10.4 Å². The number of phenolic OH excluding ortho intramolecular Hbond substituents is 1. The highest BCUT2D eigenvalue weighted by Gasteiger charge is 2.76. The number of fused-ring (bicyclic) bond motifs is 3. The fourth-order valence-corrected chi connectivity index (χ4v) is 5.31. The average molecular weight is 493 g/mol. The van der Waals surface area contributed by atoms with E-state index in [1.807, 2.05) is 0 Å². The van der Waals surface area contributed by atoms with Crippen molar-refractivity contribution in [2.24, 2.45) is 0 Å². The van der Waals surface area contributed by atoms with Crippen molar-refractivity contribution in [3.63, 3.8) is 0 Å². The predicted octanol–water partition coefficient (Wildman–Crippen LogP) is 1.64. The number of aryl methyl sites for hydroxylation is 1. The Morgan fingerprint density at radius 3 is 2.17 bits per heavy atom. The summed E-state index contributed by atoms with van der Waals surface area (Å²) in [6.45, 7) is 5.32. The molecule has 1 aromatic carbocycles. The number of rotatable bonds is 4. The topological polar surface area (TPSA) is 167 Å². The van der Waals surface area contributed by atoms with Gasteiger partial charge in [0.25, 0.3) is 0 Å². The predicted molar refractivity (Wildman–Crippen MR) is 124 cm³/mol. The van der Waals surface area contributed by atoms with Crippen LogP contribution in [0, 0.1) is 0 Å². The van der Waals surface area contributed by atoms with E-state index in [-0.39, 0.29) is 17.1 Å². The fraction of sp³-hybridized carbons (Fsp3) is 0.600. The number of aliphatic hydroxyl groups is 3. The third-order valence-electron chi connectivity index (χ3n) is 8.50. The van der Waals surface area contributed by atoms with Gasteiger partial charge in [0.2, 0.25) is 0 Å². The molecule has 35 heavy (non-hydrogen) atoms. The maximum absolute atomic E-state index is 12.5. The summed E-state index contributed by atoms with van der Waals surface area (Å²) in [5, 5.41) is 54.6. The van der Waals surface area contributed by atoms with Crippen molar-refractivity contribution in [1.82, 2.24) is 0 Å². The van der Waals surface area contributed by atoms with Crippen LogP contribution in [0.3, 0.4) is 0 Å². The first-order valence-electron chi connectivity index (χ1n) is 11.6. The zero-order valence-corrected chi connectivity index (χ0v) is 20.5. The summed E-state index contributed by atoms with van der Waals surface area (Å²) in [7, 11) is 0. The highest BCUT2D eigenvalue weighted by molar-refractivity contribution is 5.85. The maximum Gasteiger partial charge on any atom is 0.339 e. The lowest BCUT2D eigenvalue weighted by Crippen LogP contribution is -2.85. The SMILES string of the molecule is CC1(C(=O)O)O[C@@](C)(COc2cc3oc(=O)c4c(c3cc2O)CCCC4)C(C)(O)C(C)(O)[C@]1(C)O. The minimum absolute atomic E-state index is 0.0916. The van der Waals surface area contributed by atoms with Gasteiger partial charge in [0.1, 0.15) is 34.6 Å². The van der Waals surface area contributed by atoms with Crippen molar-refractivity contribution in [2.75, 3.05) is 6.61 Å². The van der Waals surface area contributed by atoms with Crippen LogP contribution in [-0.2, 0) is 22.4 Å². The van der Waals surface area contributed by atoms with Crippen LogP contribution in [0.25, 0.3) is 11.0 Å². The van der Waals surface area contributed by atoms with Gasteiger partial charge in [-0.3, -0.25) is 0 Å². The third kappa shape index (κ3) is 3.31. The Kier molecular flexibility index (Phi) is 5.57. The first kappa shape index (κ1) is 25.4. The van der Waals surface area contributed by atoms with E-state index in [1.54, 1.807) is 0 Å². The zero-order chi connectivity index (χ0) is 26.2. The lowest BCUT2D eigenvalue weighted by Gasteiger charge is -2.64. The van der Waals surface area contributed by atoms with Gasteiger partial charge in [0, 0.05) is 17.0 Å². The summed E-state index contributed by atoms with van der Waals surface area (Å²) in [5.74, 6) is -1.89. The fourth-order valence-electron chi connectivity index (χ4n) is 5.31. The van der Waals surface area contributed by atoms with E-state index in [4.69, 9.17) is 13.9 Å². The van der Waals surface area contributed by atoms with Gasteiger partial charge in [-0.05, 0) is 71.9 Å². The van der Waals surface area contributed by atoms with E-state index >= 15 is 0 Å². The van der Waals surface area contributed by atoms with Crippen LogP contribution >= 0.6 is 0 Å². The summed E-state index contributed by atoms with van der Waals surface area (Å²) in [4.78, 5) is 24.6. The van der Waals surface area contributed by atoms with Crippen LogP contribution in [0.5, 0.6) is 11.5 Å². The van der Waals surface area contributed by atoms with E-state index in [0.717, 1.165) is 39.2 Å². The Balaban J connectivity index is 1.74. The molecule has 0 amide bonds. The molecule has 0 spiro atoms. The summed E-state index contributed by atoms with van der Waals surface area (Å²) in [5.41, 5.74) is -9.94. The van der Waals surface area contributed by atoms with E-state index in [0.29, 0.717) is 23.8 Å². The molecule has 1 fully saturated rings. The second-order valence-electron chi connectivity index (χ2n) is 10.5. The molecular formula is C25H32O10. The van der Waals surface area contributed by atoms with Crippen molar-refractivity contribution in [2.45, 2.75) is 88.3 Å². The van der Waals surface area contributed by atoms with Gasteiger partial charge in [0.15, 0.2) is 17.1 Å². The molecular weight excluding hydrogens is 460 g/mol. The summed E-state index contributed by atoms with van der Waals surface area (Å²) in [6.07, 6.45) is 3.11. The Morgan fingerprint density at radius 2 is 1.57 bits per heavy atom. The number of hydrogen-bond donors (Lipinski definition) is 5. The molecule has 10 heteroatoms. The highest BCUT2D eigenvalue weighted by atomic mass is 16.6. The maximum atomic E-state index is 12.5. The summed E-state index contributed by atoms with van der Waals surface area (Å²) >= 11 is 0. The van der Waals surface area contributed by atoms with Gasteiger partial charge in [0.05, 0.1) is 0 Å². The number of ether oxygens (including phenoxy) is 2. The molecule has 0 radical (unpaired) electrons. The number of aromatic hydroxyl groups is 1. The minimum Gasteiger partial charge on any atom is -0.504 e. The van der Waals surface area contributed by atoms with E-state index in [9.17, 15) is 35.1 Å². The minimum atomic E-state index is -2.40. The second-order valence-corrected chi connectivity index (χ2v) is 10.5. The van der Waals surface area contributed by atoms with Gasteiger partial charge in [-0.2, -0.15) is 0 Å². The molecule has 1 aliphatic heterocycles. The standard InChI is InChI=1S/C25H32O10/c1-21(23(3,30)25(5,32)24(4,31)22(2,35-21)20(28)29)12-33-18-11-17-15(10-16(18)26)13-8-6-7-9-14(13)19(27)34-17/h10-11,26,30-32H,6-9,12H2,1-5H3,(H,28,29)/t21-,22?,23?,24+,25?/m0/s1. The van der Waals surface area contributed by atoms with Gasteiger partial charge >= 0.3 is 11.6 Å². The molecule has 5 N–H and O–H groups in total. The number of carboxylic acid groups (broad SMARTS) is 1. The third-order valence-corrected chi connectivity index (χ3v) is 8.50. The number of carboxylic acids is 1. The Hall–Kier alpha value is -2.66. The molecule has 2 aliphatic rings. The number of benzene rings is 1. The Labute approximate surface area is 201 Å². The van der Waals surface area contributed by atoms with Crippen molar-refractivity contribution in [3.8, 4) is 11.5 Å². The smallest absolute Gasteiger partial charge is 0.339 e. The second kappa shape index (κ2) is 7.67. The first-order valence-corrected chi connectivity index (χ1v) is 11.6. The molecule has 0 bridgehead atoms. The first-order chi connectivity index (χ1) is 16.0. The van der Waals surface area contributed by atoms with Gasteiger partial charge in [-0.25, -0.2) is 9.59 Å². The molecule has 2 aromatic rings. The van der Waals surface area contributed by atoms with Crippen LogP contribution in [0.15, 0.2) is 21.3 Å². The van der Waals surface area contributed by atoms with Crippen molar-refractivity contribution >= 4 is 16.9 Å². The van der Waals surface area contributed by atoms with Crippen molar-refractivity contribution in [1.29, 1.82) is 0 Å². The number of hydrogen-bond acceptors (Lipinski definition) is 9.